The number of para-hydroxylation sites is 1. The number of thioether (sulfide) groups is 1. The summed E-state index contributed by atoms with van der Waals surface area (Å²) in [6.45, 7) is 0. The van der Waals surface area contributed by atoms with Crippen LogP contribution in [0, 0.1) is 0 Å². The Morgan fingerprint density at radius 2 is 1.95 bits per heavy atom. The van der Waals surface area contributed by atoms with Gasteiger partial charge in [-0.1, -0.05) is 30.3 Å². The molecular formula is C17H16OS. The fourth-order valence-electron chi connectivity index (χ4n) is 2.94. The van der Waals surface area contributed by atoms with Crippen molar-refractivity contribution < 1.29 is 4.74 Å². The minimum Gasteiger partial charge on any atom is -0.485 e. The molecule has 0 spiro atoms. The summed E-state index contributed by atoms with van der Waals surface area (Å²) in [5.41, 5.74) is 4.18. The van der Waals surface area contributed by atoms with E-state index < -0.39 is 0 Å². The van der Waals surface area contributed by atoms with E-state index >= 15 is 0 Å². The maximum absolute atomic E-state index is 6.17. The van der Waals surface area contributed by atoms with Crippen molar-refractivity contribution in [3.05, 3.63) is 59.2 Å². The van der Waals surface area contributed by atoms with Gasteiger partial charge in [-0.15, -0.1) is 11.8 Å². The van der Waals surface area contributed by atoms with Crippen LogP contribution in [0.4, 0.5) is 0 Å². The normalized spacial score (nSPS) is 20.5. The summed E-state index contributed by atoms with van der Waals surface area (Å²) in [6.07, 6.45) is 3.64. The molecule has 1 unspecified atom stereocenters. The summed E-state index contributed by atoms with van der Waals surface area (Å²) in [7, 11) is 0. The maximum atomic E-state index is 6.17. The van der Waals surface area contributed by atoms with Crippen LogP contribution in [0.25, 0.3) is 0 Å². The lowest BCUT2D eigenvalue weighted by molar-refractivity contribution is 0.176. The average Bonchev–Trinajstić information content (AvgIpc) is 2.94. The van der Waals surface area contributed by atoms with Crippen molar-refractivity contribution in [1.29, 1.82) is 0 Å². The zero-order valence-corrected chi connectivity index (χ0v) is 11.6. The highest BCUT2D eigenvalue weighted by atomic mass is 32.2. The second-order valence-electron chi connectivity index (χ2n) is 5.22. The number of benzene rings is 2. The number of ether oxygens (including phenoxy) is 1. The molecule has 2 heterocycles. The van der Waals surface area contributed by atoms with Crippen LogP contribution in [-0.2, 0) is 12.8 Å². The third-order valence-electron chi connectivity index (χ3n) is 4.01. The summed E-state index contributed by atoms with van der Waals surface area (Å²) in [5, 5.41) is 0. The van der Waals surface area contributed by atoms with Crippen molar-refractivity contribution in [3.8, 4) is 5.75 Å². The lowest BCUT2D eigenvalue weighted by Gasteiger charge is -2.26. The second kappa shape index (κ2) is 4.61. The van der Waals surface area contributed by atoms with E-state index in [-0.39, 0.29) is 6.10 Å². The largest absolute Gasteiger partial charge is 0.485 e. The molecule has 0 saturated carbocycles. The molecule has 0 aromatic heterocycles. The first-order chi connectivity index (χ1) is 9.40. The maximum Gasteiger partial charge on any atom is 0.124 e. The number of hydrogen-bond donors (Lipinski definition) is 0. The molecule has 0 saturated heterocycles. The Balaban J connectivity index is 1.64. The molecule has 4 rings (SSSR count). The standard InChI is InChI=1S/C17H16OS/c1-2-4-15-12(3-1)7-8-16(18-15)14-6-5-13-9-10-19-17(13)11-14/h1-6,11,16H,7-10H2. The minimum atomic E-state index is 0.224. The molecule has 96 valence electrons. The van der Waals surface area contributed by atoms with Crippen molar-refractivity contribution in [2.75, 3.05) is 5.75 Å². The van der Waals surface area contributed by atoms with Crippen LogP contribution >= 0.6 is 11.8 Å². The molecule has 2 aliphatic rings. The predicted octanol–water partition coefficient (Wildman–Crippen LogP) is 4.40. The molecule has 0 amide bonds. The van der Waals surface area contributed by atoms with Gasteiger partial charge in [0, 0.05) is 10.6 Å². The fourth-order valence-corrected chi connectivity index (χ4v) is 4.06. The molecule has 0 fully saturated rings. The zero-order valence-electron chi connectivity index (χ0n) is 10.8. The first kappa shape index (κ1) is 11.4. The number of hydrogen-bond acceptors (Lipinski definition) is 2. The van der Waals surface area contributed by atoms with E-state index in [4.69, 9.17) is 4.74 Å². The Morgan fingerprint density at radius 3 is 2.95 bits per heavy atom. The van der Waals surface area contributed by atoms with Crippen molar-refractivity contribution in [3.63, 3.8) is 0 Å². The number of rotatable bonds is 1. The highest BCUT2D eigenvalue weighted by molar-refractivity contribution is 7.99. The molecule has 2 heteroatoms. The van der Waals surface area contributed by atoms with Crippen molar-refractivity contribution in [1.82, 2.24) is 0 Å². The lowest BCUT2D eigenvalue weighted by atomic mass is 9.96. The molecule has 0 radical (unpaired) electrons. The fraction of sp³-hybridized carbons (Fsp3) is 0.294. The summed E-state index contributed by atoms with van der Waals surface area (Å²) in [5.74, 6) is 2.29. The Hall–Kier alpha value is -1.41. The summed E-state index contributed by atoms with van der Waals surface area (Å²) >= 11 is 1.98. The smallest absolute Gasteiger partial charge is 0.124 e. The van der Waals surface area contributed by atoms with Gasteiger partial charge in [0.1, 0.15) is 11.9 Å². The summed E-state index contributed by atoms with van der Waals surface area (Å²) in [4.78, 5) is 1.46. The van der Waals surface area contributed by atoms with Gasteiger partial charge >= 0.3 is 0 Å². The topological polar surface area (TPSA) is 9.23 Å². The minimum absolute atomic E-state index is 0.224. The molecule has 2 aromatic rings. The second-order valence-corrected chi connectivity index (χ2v) is 6.36. The van der Waals surface area contributed by atoms with Gasteiger partial charge in [-0.25, -0.2) is 0 Å². The van der Waals surface area contributed by atoms with E-state index in [9.17, 15) is 0 Å². The third kappa shape index (κ3) is 2.04. The molecule has 1 atom stereocenters. The third-order valence-corrected chi connectivity index (χ3v) is 5.11. The van der Waals surface area contributed by atoms with Crippen LogP contribution in [0.1, 0.15) is 29.2 Å². The van der Waals surface area contributed by atoms with Gasteiger partial charge < -0.3 is 4.74 Å². The molecule has 0 aliphatic carbocycles. The highest BCUT2D eigenvalue weighted by Gasteiger charge is 2.22. The molecule has 19 heavy (non-hydrogen) atoms. The van der Waals surface area contributed by atoms with Gasteiger partial charge in [0.05, 0.1) is 0 Å². The van der Waals surface area contributed by atoms with Gasteiger partial charge in [-0.3, -0.25) is 0 Å². The van der Waals surface area contributed by atoms with Gasteiger partial charge in [0.15, 0.2) is 0 Å². The molecule has 2 aromatic carbocycles. The van der Waals surface area contributed by atoms with Crippen LogP contribution in [0.2, 0.25) is 0 Å². The van der Waals surface area contributed by atoms with E-state index in [0.717, 1.165) is 18.6 Å². The predicted molar refractivity (Wildman–Crippen MR) is 79.0 cm³/mol. The number of aryl methyl sites for hydroxylation is 2. The van der Waals surface area contributed by atoms with E-state index in [0.29, 0.717) is 0 Å². The van der Waals surface area contributed by atoms with Crippen LogP contribution in [-0.4, -0.2) is 5.75 Å². The average molecular weight is 268 g/mol. The van der Waals surface area contributed by atoms with E-state index in [2.05, 4.69) is 42.5 Å². The Kier molecular flexibility index (Phi) is 2.77. The molecule has 0 bridgehead atoms. The molecule has 0 N–H and O–H groups in total. The van der Waals surface area contributed by atoms with Crippen LogP contribution in [0.15, 0.2) is 47.4 Å². The van der Waals surface area contributed by atoms with Crippen molar-refractivity contribution in [2.24, 2.45) is 0 Å². The first-order valence-electron chi connectivity index (χ1n) is 6.90. The SMILES string of the molecule is c1ccc2c(c1)CCC(c1ccc3c(c1)SCC3)O2. The zero-order chi connectivity index (χ0) is 12.7. The van der Waals surface area contributed by atoms with Crippen LogP contribution in [0.3, 0.4) is 0 Å². The van der Waals surface area contributed by atoms with Gasteiger partial charge in [0.2, 0.25) is 0 Å². The Morgan fingerprint density at radius 1 is 1.00 bits per heavy atom. The Bertz CT molecular complexity index is 620. The molecule has 2 aliphatic heterocycles. The first-order valence-corrected chi connectivity index (χ1v) is 7.89. The van der Waals surface area contributed by atoms with Gasteiger partial charge in [-0.2, -0.15) is 0 Å². The molecule has 1 nitrogen and oxygen atoms in total. The quantitative estimate of drug-likeness (QED) is 0.758. The summed E-state index contributed by atoms with van der Waals surface area (Å²) < 4.78 is 6.17. The molecular weight excluding hydrogens is 252 g/mol. The number of fused-ring (bicyclic) bond motifs is 2. The van der Waals surface area contributed by atoms with E-state index in [1.807, 2.05) is 11.8 Å². The van der Waals surface area contributed by atoms with Crippen LogP contribution < -0.4 is 4.74 Å². The Labute approximate surface area is 118 Å². The van der Waals surface area contributed by atoms with Crippen molar-refractivity contribution >= 4 is 11.8 Å². The van der Waals surface area contributed by atoms with Gasteiger partial charge in [-0.05, 0) is 48.1 Å². The van der Waals surface area contributed by atoms with E-state index in [1.165, 1.54) is 33.8 Å². The lowest BCUT2D eigenvalue weighted by Crippen LogP contribution is -2.15. The summed E-state index contributed by atoms with van der Waals surface area (Å²) in [6, 6.07) is 15.3. The van der Waals surface area contributed by atoms with E-state index in [1.54, 1.807) is 0 Å². The highest BCUT2D eigenvalue weighted by Crippen LogP contribution is 2.38. The van der Waals surface area contributed by atoms with Crippen LogP contribution in [0.5, 0.6) is 5.75 Å². The van der Waals surface area contributed by atoms with Gasteiger partial charge in [0.25, 0.3) is 0 Å². The monoisotopic (exact) mass is 268 g/mol. The van der Waals surface area contributed by atoms with Crippen molar-refractivity contribution in [2.45, 2.75) is 30.3 Å².